The zero-order valence-corrected chi connectivity index (χ0v) is 10.3. The number of rotatable bonds is 2. The van der Waals surface area contributed by atoms with E-state index in [1.807, 2.05) is 0 Å². The van der Waals surface area contributed by atoms with E-state index < -0.39 is 17.7 Å². The Morgan fingerprint density at radius 2 is 1.71 bits per heavy atom. The SMILES string of the molecule is OC(c1cc(F)ccc1F)c1ccccc1Br. The van der Waals surface area contributed by atoms with Crippen LogP contribution in [0.2, 0.25) is 0 Å². The van der Waals surface area contributed by atoms with Gasteiger partial charge in [0.15, 0.2) is 0 Å². The summed E-state index contributed by atoms with van der Waals surface area (Å²) >= 11 is 3.26. The zero-order chi connectivity index (χ0) is 12.4. The highest BCUT2D eigenvalue weighted by Gasteiger charge is 2.17. The molecule has 4 heteroatoms. The van der Waals surface area contributed by atoms with Gasteiger partial charge in [0.05, 0.1) is 0 Å². The highest BCUT2D eigenvalue weighted by atomic mass is 79.9. The lowest BCUT2D eigenvalue weighted by Crippen LogP contribution is -2.04. The number of aliphatic hydroxyl groups is 1. The van der Waals surface area contributed by atoms with Crippen LogP contribution < -0.4 is 0 Å². The maximum atomic E-state index is 13.5. The summed E-state index contributed by atoms with van der Waals surface area (Å²) in [5.41, 5.74) is 0.425. The molecule has 0 amide bonds. The highest BCUT2D eigenvalue weighted by molar-refractivity contribution is 9.10. The van der Waals surface area contributed by atoms with Gasteiger partial charge in [-0.1, -0.05) is 34.1 Å². The smallest absolute Gasteiger partial charge is 0.129 e. The normalized spacial score (nSPS) is 12.5. The Morgan fingerprint density at radius 3 is 2.41 bits per heavy atom. The van der Waals surface area contributed by atoms with Gasteiger partial charge in [-0.2, -0.15) is 0 Å². The second-order valence-electron chi connectivity index (χ2n) is 3.59. The molecule has 0 aliphatic heterocycles. The first-order valence-corrected chi connectivity index (χ1v) is 5.76. The van der Waals surface area contributed by atoms with Crippen molar-refractivity contribution >= 4 is 15.9 Å². The van der Waals surface area contributed by atoms with E-state index in [1.165, 1.54) is 0 Å². The fraction of sp³-hybridized carbons (Fsp3) is 0.0769. The van der Waals surface area contributed by atoms with Gasteiger partial charge >= 0.3 is 0 Å². The molecule has 1 N–H and O–H groups in total. The van der Waals surface area contributed by atoms with Crippen molar-refractivity contribution in [3.05, 3.63) is 69.7 Å². The third-order valence-electron chi connectivity index (χ3n) is 2.45. The van der Waals surface area contributed by atoms with Crippen LogP contribution in [0.15, 0.2) is 46.9 Å². The van der Waals surface area contributed by atoms with Gasteiger partial charge < -0.3 is 5.11 Å². The lowest BCUT2D eigenvalue weighted by molar-refractivity contribution is 0.213. The third-order valence-corrected chi connectivity index (χ3v) is 3.17. The minimum Gasteiger partial charge on any atom is -0.384 e. The summed E-state index contributed by atoms with van der Waals surface area (Å²) in [6, 6.07) is 9.91. The highest BCUT2D eigenvalue weighted by Crippen LogP contribution is 2.29. The predicted molar refractivity (Wildman–Crippen MR) is 64.6 cm³/mol. The second kappa shape index (κ2) is 4.94. The van der Waals surface area contributed by atoms with Gasteiger partial charge in [-0.25, -0.2) is 8.78 Å². The van der Waals surface area contributed by atoms with Gasteiger partial charge in [-0.3, -0.25) is 0 Å². The molecule has 1 atom stereocenters. The molecule has 0 saturated heterocycles. The fourth-order valence-electron chi connectivity index (χ4n) is 1.59. The average Bonchev–Trinajstić information content (AvgIpc) is 2.32. The van der Waals surface area contributed by atoms with Gasteiger partial charge in [0.2, 0.25) is 0 Å². The number of hydrogen-bond acceptors (Lipinski definition) is 1. The van der Waals surface area contributed by atoms with Gasteiger partial charge in [-0.05, 0) is 29.8 Å². The maximum Gasteiger partial charge on any atom is 0.129 e. The fourth-order valence-corrected chi connectivity index (χ4v) is 2.09. The minimum atomic E-state index is -1.19. The summed E-state index contributed by atoms with van der Waals surface area (Å²) in [5, 5.41) is 10.0. The molecule has 0 aliphatic carbocycles. The Morgan fingerprint density at radius 1 is 1.00 bits per heavy atom. The number of hydrogen-bond donors (Lipinski definition) is 1. The average molecular weight is 299 g/mol. The Bertz CT molecular complexity index is 543. The zero-order valence-electron chi connectivity index (χ0n) is 8.70. The van der Waals surface area contributed by atoms with Crippen molar-refractivity contribution in [2.45, 2.75) is 6.10 Å². The number of aliphatic hydroxyl groups excluding tert-OH is 1. The maximum absolute atomic E-state index is 13.5. The summed E-state index contributed by atoms with van der Waals surface area (Å²) in [6.45, 7) is 0. The Kier molecular flexibility index (Phi) is 3.54. The van der Waals surface area contributed by atoms with E-state index in [4.69, 9.17) is 0 Å². The van der Waals surface area contributed by atoms with E-state index in [0.29, 0.717) is 10.0 Å². The van der Waals surface area contributed by atoms with Gasteiger partial charge in [0, 0.05) is 10.0 Å². The van der Waals surface area contributed by atoms with Crippen molar-refractivity contribution in [2.75, 3.05) is 0 Å². The molecule has 0 aromatic heterocycles. The molecular formula is C13H9BrF2O. The molecule has 0 heterocycles. The van der Waals surface area contributed by atoms with Crippen LogP contribution in [0.1, 0.15) is 17.2 Å². The van der Waals surface area contributed by atoms with Crippen LogP contribution in [0.4, 0.5) is 8.78 Å². The monoisotopic (exact) mass is 298 g/mol. The van der Waals surface area contributed by atoms with Gasteiger partial charge in [-0.15, -0.1) is 0 Å². The third kappa shape index (κ3) is 2.53. The second-order valence-corrected chi connectivity index (χ2v) is 4.44. The molecule has 88 valence electrons. The van der Waals surface area contributed by atoms with Crippen LogP contribution >= 0.6 is 15.9 Å². The van der Waals surface area contributed by atoms with E-state index in [-0.39, 0.29) is 5.56 Å². The van der Waals surface area contributed by atoms with E-state index in [1.54, 1.807) is 24.3 Å². The van der Waals surface area contributed by atoms with Crippen LogP contribution in [0, 0.1) is 11.6 Å². The predicted octanol–water partition coefficient (Wildman–Crippen LogP) is 3.81. The summed E-state index contributed by atoms with van der Waals surface area (Å²) in [4.78, 5) is 0. The molecule has 0 spiro atoms. The molecule has 2 aromatic carbocycles. The van der Waals surface area contributed by atoms with E-state index in [9.17, 15) is 13.9 Å². The Labute approximate surface area is 106 Å². The summed E-state index contributed by atoms with van der Waals surface area (Å²) in [5.74, 6) is -1.21. The first kappa shape index (κ1) is 12.2. The Hall–Kier alpha value is -1.26. The molecule has 1 nitrogen and oxygen atoms in total. The van der Waals surface area contributed by atoms with Crippen LogP contribution in [0.25, 0.3) is 0 Å². The molecule has 2 rings (SSSR count). The molecule has 2 aromatic rings. The molecule has 0 radical (unpaired) electrons. The molecule has 0 saturated carbocycles. The summed E-state index contributed by atoms with van der Waals surface area (Å²) in [6.07, 6.45) is -1.19. The molecular weight excluding hydrogens is 290 g/mol. The van der Waals surface area contributed by atoms with Crippen molar-refractivity contribution in [2.24, 2.45) is 0 Å². The van der Waals surface area contributed by atoms with Gasteiger partial charge in [0.25, 0.3) is 0 Å². The van der Waals surface area contributed by atoms with Crippen LogP contribution in [-0.4, -0.2) is 5.11 Å². The lowest BCUT2D eigenvalue weighted by Gasteiger charge is -2.14. The number of benzene rings is 2. The topological polar surface area (TPSA) is 20.2 Å². The lowest BCUT2D eigenvalue weighted by atomic mass is 10.0. The number of halogens is 3. The minimum absolute atomic E-state index is 0.0723. The first-order valence-electron chi connectivity index (χ1n) is 4.97. The molecule has 0 bridgehead atoms. The van der Waals surface area contributed by atoms with Crippen molar-refractivity contribution in [3.8, 4) is 0 Å². The van der Waals surface area contributed by atoms with E-state index in [2.05, 4.69) is 15.9 Å². The largest absolute Gasteiger partial charge is 0.384 e. The summed E-state index contributed by atoms with van der Waals surface area (Å²) < 4.78 is 27.2. The van der Waals surface area contributed by atoms with Crippen LogP contribution in [0.3, 0.4) is 0 Å². The summed E-state index contributed by atoms with van der Waals surface area (Å²) in [7, 11) is 0. The van der Waals surface area contributed by atoms with Gasteiger partial charge in [0.1, 0.15) is 17.7 Å². The standard InChI is InChI=1S/C13H9BrF2O/c14-11-4-2-1-3-9(11)13(17)10-7-8(15)5-6-12(10)16/h1-7,13,17H. The van der Waals surface area contributed by atoms with Crippen LogP contribution in [-0.2, 0) is 0 Å². The molecule has 0 fully saturated rings. The van der Waals surface area contributed by atoms with Crippen LogP contribution in [0.5, 0.6) is 0 Å². The molecule has 0 aliphatic rings. The quantitative estimate of drug-likeness (QED) is 0.894. The molecule has 17 heavy (non-hydrogen) atoms. The van der Waals surface area contributed by atoms with E-state index in [0.717, 1.165) is 18.2 Å². The Balaban J connectivity index is 2.47. The van der Waals surface area contributed by atoms with Crippen molar-refractivity contribution in [3.63, 3.8) is 0 Å². The van der Waals surface area contributed by atoms with Crippen molar-refractivity contribution in [1.29, 1.82) is 0 Å². The first-order chi connectivity index (χ1) is 8.09. The van der Waals surface area contributed by atoms with E-state index >= 15 is 0 Å². The molecule has 1 unspecified atom stereocenters. The van der Waals surface area contributed by atoms with Crippen molar-refractivity contribution in [1.82, 2.24) is 0 Å². The van der Waals surface area contributed by atoms with Crippen molar-refractivity contribution < 1.29 is 13.9 Å².